The molecule has 23 heavy (non-hydrogen) atoms. The molecule has 0 bridgehead atoms. The molecule has 0 aliphatic carbocycles. The first-order chi connectivity index (χ1) is 11.0. The molecule has 116 valence electrons. The summed E-state index contributed by atoms with van der Waals surface area (Å²) in [5.74, 6) is 0.923. The lowest BCUT2D eigenvalue weighted by Crippen LogP contribution is -2.03. The minimum Gasteiger partial charge on any atom is -0.457 e. The van der Waals surface area contributed by atoms with E-state index >= 15 is 0 Å². The molecule has 2 nitrogen and oxygen atoms in total. The van der Waals surface area contributed by atoms with E-state index in [1.54, 1.807) is 12.1 Å². The Balaban J connectivity index is 1.74. The molecule has 0 radical (unpaired) electrons. The van der Waals surface area contributed by atoms with Crippen LogP contribution in [0.1, 0.15) is 5.56 Å². The number of alkyl halides is 3. The molecule has 0 aliphatic rings. The highest BCUT2D eigenvalue weighted by Crippen LogP contribution is 2.31. The second kappa shape index (κ2) is 6.12. The van der Waals surface area contributed by atoms with Gasteiger partial charge in [0.25, 0.3) is 0 Å². The van der Waals surface area contributed by atoms with Gasteiger partial charge in [-0.1, -0.05) is 12.1 Å². The van der Waals surface area contributed by atoms with Crippen molar-refractivity contribution in [1.29, 1.82) is 0 Å². The molecule has 1 heterocycles. The van der Waals surface area contributed by atoms with Gasteiger partial charge in [0.05, 0.1) is 5.56 Å². The van der Waals surface area contributed by atoms with Crippen LogP contribution in [-0.2, 0) is 6.18 Å². The number of halogens is 3. The van der Waals surface area contributed by atoms with E-state index in [0.29, 0.717) is 11.5 Å². The number of benzene rings is 2. The Hall–Kier alpha value is -2.82. The third kappa shape index (κ3) is 3.69. The molecule has 0 saturated heterocycles. The van der Waals surface area contributed by atoms with Crippen LogP contribution in [0.25, 0.3) is 11.1 Å². The van der Waals surface area contributed by atoms with Gasteiger partial charge in [-0.3, -0.25) is 0 Å². The summed E-state index contributed by atoms with van der Waals surface area (Å²) in [6, 6.07) is 15.8. The van der Waals surface area contributed by atoms with E-state index in [9.17, 15) is 13.2 Å². The monoisotopic (exact) mass is 316 g/mol. The van der Waals surface area contributed by atoms with Crippen LogP contribution in [-0.4, -0.2) is 0 Å². The Morgan fingerprint density at radius 3 is 1.87 bits per heavy atom. The summed E-state index contributed by atoms with van der Waals surface area (Å²) in [4.78, 5) is 3.01. The molecule has 0 aliphatic heterocycles. The van der Waals surface area contributed by atoms with E-state index < -0.39 is 11.7 Å². The molecule has 0 spiro atoms. The zero-order valence-electron chi connectivity index (χ0n) is 12.0. The molecule has 5 heteroatoms. The van der Waals surface area contributed by atoms with E-state index in [2.05, 4.69) is 4.98 Å². The number of ether oxygens (including phenoxy) is 1. The number of hydrogen-bond donors (Lipinski definition) is 0. The lowest BCUT2D eigenvalue weighted by Gasteiger charge is -2.09. The van der Waals surface area contributed by atoms with Gasteiger partial charge in [0.15, 0.2) is 12.4 Å². The SMILES string of the molecule is FC(F)(F)c1ccc(Oc2ccc(-c3ccc[nH+]c3)cc2)cc1. The molecule has 0 amide bonds. The van der Waals surface area contributed by atoms with Crippen molar-refractivity contribution in [2.45, 2.75) is 6.18 Å². The minimum absolute atomic E-state index is 0.360. The van der Waals surface area contributed by atoms with Crippen molar-refractivity contribution in [3.8, 4) is 22.6 Å². The molecule has 0 unspecified atom stereocenters. The third-order valence-corrected chi connectivity index (χ3v) is 3.31. The fraction of sp³-hybridized carbons (Fsp3) is 0.0556. The Morgan fingerprint density at radius 1 is 0.739 bits per heavy atom. The quantitative estimate of drug-likeness (QED) is 0.668. The molecule has 0 fully saturated rings. The van der Waals surface area contributed by atoms with Crippen molar-refractivity contribution < 1.29 is 22.9 Å². The molecular formula is C18H13F3NO+. The van der Waals surface area contributed by atoms with Crippen LogP contribution >= 0.6 is 0 Å². The van der Waals surface area contributed by atoms with E-state index in [1.807, 2.05) is 36.7 Å². The maximum atomic E-state index is 12.5. The Morgan fingerprint density at radius 2 is 1.35 bits per heavy atom. The fourth-order valence-corrected chi connectivity index (χ4v) is 2.14. The number of rotatable bonds is 3. The number of pyridine rings is 1. The molecule has 0 saturated carbocycles. The lowest BCUT2D eigenvalue weighted by atomic mass is 10.1. The van der Waals surface area contributed by atoms with Crippen molar-refractivity contribution in [3.05, 3.63) is 78.6 Å². The fourth-order valence-electron chi connectivity index (χ4n) is 2.14. The normalized spacial score (nSPS) is 11.3. The summed E-state index contributed by atoms with van der Waals surface area (Å²) in [5.41, 5.74) is 1.36. The molecule has 3 rings (SSSR count). The average molecular weight is 316 g/mol. The molecule has 1 N–H and O–H groups in total. The number of aromatic nitrogens is 1. The highest BCUT2D eigenvalue weighted by Gasteiger charge is 2.30. The maximum Gasteiger partial charge on any atom is 0.416 e. The predicted molar refractivity (Wildman–Crippen MR) is 80.0 cm³/mol. The summed E-state index contributed by atoms with van der Waals surface area (Å²) >= 11 is 0. The van der Waals surface area contributed by atoms with E-state index in [0.717, 1.165) is 23.3 Å². The number of aromatic amines is 1. The summed E-state index contributed by atoms with van der Waals surface area (Å²) in [5, 5.41) is 0. The summed E-state index contributed by atoms with van der Waals surface area (Å²) in [6.45, 7) is 0. The Kier molecular flexibility index (Phi) is 4.02. The first-order valence-corrected chi connectivity index (χ1v) is 6.94. The van der Waals surface area contributed by atoms with Gasteiger partial charge < -0.3 is 4.74 Å². The van der Waals surface area contributed by atoms with Gasteiger partial charge >= 0.3 is 6.18 Å². The smallest absolute Gasteiger partial charge is 0.416 e. The van der Waals surface area contributed by atoms with Crippen LogP contribution in [0.5, 0.6) is 11.5 Å². The van der Waals surface area contributed by atoms with Crippen molar-refractivity contribution in [1.82, 2.24) is 0 Å². The second-order valence-corrected chi connectivity index (χ2v) is 4.94. The first kappa shape index (κ1) is 15.1. The molecule has 3 aromatic rings. The predicted octanol–water partition coefficient (Wildman–Crippen LogP) is 4.98. The van der Waals surface area contributed by atoms with Crippen LogP contribution in [0.2, 0.25) is 0 Å². The van der Waals surface area contributed by atoms with E-state index in [-0.39, 0.29) is 0 Å². The number of nitrogens with one attached hydrogen (secondary N) is 1. The van der Waals surface area contributed by atoms with E-state index in [1.165, 1.54) is 12.1 Å². The Bertz CT molecular complexity index is 766. The first-order valence-electron chi connectivity index (χ1n) is 6.94. The van der Waals surface area contributed by atoms with E-state index in [4.69, 9.17) is 4.74 Å². The lowest BCUT2D eigenvalue weighted by molar-refractivity contribution is -0.377. The van der Waals surface area contributed by atoms with Gasteiger partial charge in [-0.25, -0.2) is 4.98 Å². The third-order valence-electron chi connectivity index (χ3n) is 3.31. The average Bonchev–Trinajstić information content (AvgIpc) is 2.56. The summed E-state index contributed by atoms with van der Waals surface area (Å²) in [7, 11) is 0. The van der Waals surface area contributed by atoms with Crippen LogP contribution in [0, 0.1) is 0 Å². The summed E-state index contributed by atoms with van der Waals surface area (Å²) in [6.07, 6.45) is -0.635. The number of hydrogen-bond acceptors (Lipinski definition) is 1. The van der Waals surface area contributed by atoms with Crippen LogP contribution in [0.15, 0.2) is 73.1 Å². The van der Waals surface area contributed by atoms with Gasteiger partial charge in [0.1, 0.15) is 11.5 Å². The van der Waals surface area contributed by atoms with Gasteiger partial charge in [0.2, 0.25) is 0 Å². The highest BCUT2D eigenvalue weighted by atomic mass is 19.4. The standard InChI is InChI=1S/C18H12F3NO/c19-18(20,21)15-5-9-17(10-6-15)23-16-7-3-13(4-8-16)14-2-1-11-22-12-14/h1-12H/p+1. The van der Waals surface area contributed by atoms with Crippen molar-refractivity contribution in [3.63, 3.8) is 0 Å². The van der Waals surface area contributed by atoms with Crippen LogP contribution in [0.3, 0.4) is 0 Å². The Labute approximate surface area is 131 Å². The molecule has 2 aromatic carbocycles. The molecule has 1 aromatic heterocycles. The number of H-pyrrole nitrogens is 1. The molecular weight excluding hydrogens is 303 g/mol. The summed E-state index contributed by atoms with van der Waals surface area (Å²) < 4.78 is 43.1. The maximum absolute atomic E-state index is 12.5. The zero-order chi connectivity index (χ0) is 16.3. The van der Waals surface area contributed by atoms with Gasteiger partial charge in [-0.05, 0) is 48.0 Å². The van der Waals surface area contributed by atoms with Gasteiger partial charge in [-0.15, -0.1) is 0 Å². The topological polar surface area (TPSA) is 23.4 Å². The van der Waals surface area contributed by atoms with Gasteiger partial charge in [0, 0.05) is 11.6 Å². The van der Waals surface area contributed by atoms with Gasteiger partial charge in [-0.2, -0.15) is 13.2 Å². The minimum atomic E-state index is -4.34. The second-order valence-electron chi connectivity index (χ2n) is 4.94. The van der Waals surface area contributed by atoms with Crippen LogP contribution in [0.4, 0.5) is 13.2 Å². The van der Waals surface area contributed by atoms with Crippen molar-refractivity contribution in [2.75, 3.05) is 0 Å². The van der Waals surface area contributed by atoms with Crippen molar-refractivity contribution >= 4 is 0 Å². The van der Waals surface area contributed by atoms with Crippen LogP contribution < -0.4 is 9.72 Å². The highest BCUT2D eigenvalue weighted by molar-refractivity contribution is 5.62. The zero-order valence-corrected chi connectivity index (χ0v) is 12.0. The molecule has 0 atom stereocenters. The largest absolute Gasteiger partial charge is 0.457 e. The van der Waals surface area contributed by atoms with Crippen molar-refractivity contribution in [2.24, 2.45) is 0 Å².